The Balaban J connectivity index is 1.58. The fourth-order valence-electron chi connectivity index (χ4n) is 2.96. The summed E-state index contributed by atoms with van der Waals surface area (Å²) in [6.07, 6.45) is 0. The van der Waals surface area contributed by atoms with Crippen molar-refractivity contribution in [3.05, 3.63) is 87.3 Å². The van der Waals surface area contributed by atoms with Crippen LogP contribution in [0, 0.1) is 13.8 Å². The molecule has 4 aromatic rings. The Morgan fingerprint density at radius 1 is 1.07 bits per heavy atom. The van der Waals surface area contributed by atoms with Crippen molar-refractivity contribution < 1.29 is 4.79 Å². The fourth-order valence-corrected chi connectivity index (χ4v) is 3.09. The molecule has 0 saturated heterocycles. The monoisotopic (exact) mass is 420 g/mol. The number of nitrogens with one attached hydrogen (secondary N) is 2. The predicted octanol–water partition coefficient (Wildman–Crippen LogP) is 3.54. The predicted molar refractivity (Wildman–Crippen MR) is 114 cm³/mol. The highest BCUT2D eigenvalue weighted by Crippen LogP contribution is 2.20. The first-order valence-electron chi connectivity index (χ1n) is 9.08. The molecule has 30 heavy (non-hydrogen) atoms. The van der Waals surface area contributed by atoms with Crippen LogP contribution >= 0.6 is 11.6 Å². The quantitative estimate of drug-likeness (QED) is 0.525. The molecule has 0 spiro atoms. The van der Waals surface area contributed by atoms with E-state index in [9.17, 15) is 9.59 Å². The van der Waals surface area contributed by atoms with Gasteiger partial charge in [-0.3, -0.25) is 9.59 Å². The second kappa shape index (κ2) is 7.92. The van der Waals surface area contributed by atoms with E-state index in [1.54, 1.807) is 67.1 Å². The highest BCUT2D eigenvalue weighted by Gasteiger charge is 2.16. The van der Waals surface area contributed by atoms with Crippen LogP contribution in [-0.2, 0) is 0 Å². The summed E-state index contributed by atoms with van der Waals surface area (Å²) in [6, 6.07) is 15.5. The number of carbonyl (C=O) groups is 1. The van der Waals surface area contributed by atoms with Gasteiger partial charge >= 0.3 is 0 Å². The number of H-pyrrole nitrogens is 1. The summed E-state index contributed by atoms with van der Waals surface area (Å²) < 4.78 is 1.57. The topological polar surface area (TPSA) is 106 Å². The van der Waals surface area contributed by atoms with Gasteiger partial charge in [0.15, 0.2) is 0 Å². The minimum Gasteiger partial charge on any atom is -0.319 e. The molecule has 1 amide bonds. The summed E-state index contributed by atoms with van der Waals surface area (Å²) in [4.78, 5) is 35.7. The van der Waals surface area contributed by atoms with E-state index in [-0.39, 0.29) is 11.4 Å². The third-order valence-electron chi connectivity index (χ3n) is 4.31. The molecule has 2 heterocycles. The fraction of sp³-hybridized carbons (Fsp3) is 0.0952. The van der Waals surface area contributed by atoms with Crippen LogP contribution in [0.15, 0.2) is 59.4 Å². The normalized spacial score (nSPS) is 10.8. The molecule has 0 bridgehead atoms. The summed E-state index contributed by atoms with van der Waals surface area (Å²) in [5.41, 5.74) is 2.32. The lowest BCUT2D eigenvalue weighted by Crippen LogP contribution is -2.14. The third-order valence-corrected chi connectivity index (χ3v) is 4.56. The van der Waals surface area contributed by atoms with E-state index < -0.39 is 5.91 Å². The van der Waals surface area contributed by atoms with Crippen LogP contribution < -0.4 is 10.9 Å². The molecule has 0 saturated carbocycles. The van der Waals surface area contributed by atoms with Gasteiger partial charge in [0.2, 0.25) is 5.82 Å². The van der Waals surface area contributed by atoms with Gasteiger partial charge < -0.3 is 10.3 Å². The van der Waals surface area contributed by atoms with Crippen molar-refractivity contribution in [2.45, 2.75) is 13.8 Å². The molecule has 0 aliphatic rings. The molecule has 8 nitrogen and oxygen atoms in total. The lowest BCUT2D eigenvalue weighted by Gasteiger charge is -2.06. The van der Waals surface area contributed by atoms with Gasteiger partial charge in [0, 0.05) is 28.0 Å². The molecule has 2 aromatic heterocycles. The van der Waals surface area contributed by atoms with Gasteiger partial charge in [0.25, 0.3) is 11.5 Å². The van der Waals surface area contributed by atoms with Crippen LogP contribution in [0.2, 0.25) is 5.02 Å². The number of aryl methyl sites for hydroxylation is 2. The zero-order chi connectivity index (χ0) is 21.3. The molecule has 2 N–H and O–H groups in total. The summed E-state index contributed by atoms with van der Waals surface area (Å²) in [5, 5.41) is 7.69. The molecule has 0 aliphatic carbocycles. The molecular formula is C21H17ClN6O2. The molecule has 2 aromatic carbocycles. The Hall–Kier alpha value is -3.78. The highest BCUT2D eigenvalue weighted by atomic mass is 35.5. The number of nitrogens with zero attached hydrogens (tertiary/aromatic N) is 4. The maximum atomic E-state index is 12.7. The number of hydrogen-bond donors (Lipinski definition) is 2. The second-order valence-electron chi connectivity index (χ2n) is 6.64. The Morgan fingerprint density at radius 2 is 1.83 bits per heavy atom. The van der Waals surface area contributed by atoms with Gasteiger partial charge in [-0.1, -0.05) is 23.7 Å². The van der Waals surface area contributed by atoms with Crippen molar-refractivity contribution in [3.63, 3.8) is 0 Å². The minimum atomic E-state index is -0.450. The number of amides is 1. The van der Waals surface area contributed by atoms with Crippen LogP contribution in [0.3, 0.4) is 0 Å². The number of carbonyl (C=O) groups excluding carboxylic acids is 1. The molecule has 0 unspecified atom stereocenters. The molecule has 0 aliphatic heterocycles. The minimum absolute atomic E-state index is 0.0370. The zero-order valence-electron chi connectivity index (χ0n) is 16.2. The number of aromatic nitrogens is 5. The van der Waals surface area contributed by atoms with Crippen LogP contribution in [0.4, 0.5) is 5.69 Å². The summed E-state index contributed by atoms with van der Waals surface area (Å²) in [5.74, 6) is 0.582. The number of halogens is 1. The Morgan fingerprint density at radius 3 is 2.57 bits per heavy atom. The molecule has 150 valence electrons. The van der Waals surface area contributed by atoms with E-state index in [4.69, 9.17) is 11.6 Å². The first kappa shape index (κ1) is 19.5. The summed E-state index contributed by atoms with van der Waals surface area (Å²) >= 11 is 5.93. The summed E-state index contributed by atoms with van der Waals surface area (Å²) in [7, 11) is 0. The van der Waals surface area contributed by atoms with Crippen LogP contribution in [0.1, 0.15) is 22.1 Å². The first-order chi connectivity index (χ1) is 14.4. The lowest BCUT2D eigenvalue weighted by molar-refractivity contribution is 0.101. The van der Waals surface area contributed by atoms with Crippen LogP contribution in [-0.4, -0.2) is 30.6 Å². The van der Waals surface area contributed by atoms with E-state index in [1.165, 1.54) is 6.07 Å². The average Bonchev–Trinajstić information content (AvgIpc) is 3.10. The van der Waals surface area contributed by atoms with Gasteiger partial charge in [0.1, 0.15) is 11.6 Å². The number of benzene rings is 2. The highest BCUT2D eigenvalue weighted by molar-refractivity contribution is 6.30. The van der Waals surface area contributed by atoms with Crippen molar-refractivity contribution in [3.8, 4) is 17.1 Å². The third kappa shape index (κ3) is 4.13. The second-order valence-corrected chi connectivity index (χ2v) is 7.08. The van der Waals surface area contributed by atoms with E-state index in [0.29, 0.717) is 33.6 Å². The van der Waals surface area contributed by atoms with Gasteiger partial charge in [-0.05, 0) is 50.2 Å². The van der Waals surface area contributed by atoms with Crippen LogP contribution in [0.5, 0.6) is 0 Å². The standard InChI is InChI=1S/C21H17ClN6O2/c1-12-10-18(29)26-19(23-12)14-4-3-5-16(11-14)25-21(30)20-24-13(2)28(27-20)17-8-6-15(22)7-9-17/h3-11H,1-2H3,(H,25,30)(H,23,26,29). The molecule has 0 fully saturated rings. The number of rotatable bonds is 4. The molecule has 0 radical (unpaired) electrons. The maximum Gasteiger partial charge on any atom is 0.295 e. The summed E-state index contributed by atoms with van der Waals surface area (Å²) in [6.45, 7) is 3.51. The Labute approximate surface area is 176 Å². The zero-order valence-corrected chi connectivity index (χ0v) is 16.9. The van der Waals surface area contributed by atoms with E-state index >= 15 is 0 Å². The van der Waals surface area contributed by atoms with Gasteiger partial charge in [-0.25, -0.2) is 14.6 Å². The Bertz CT molecular complexity index is 1290. The smallest absolute Gasteiger partial charge is 0.295 e. The van der Waals surface area contributed by atoms with Crippen LogP contribution in [0.25, 0.3) is 17.1 Å². The van der Waals surface area contributed by atoms with Crippen molar-refractivity contribution >= 4 is 23.2 Å². The number of aromatic amines is 1. The first-order valence-corrected chi connectivity index (χ1v) is 9.46. The van der Waals surface area contributed by atoms with Crippen molar-refractivity contribution in [2.24, 2.45) is 0 Å². The van der Waals surface area contributed by atoms with Gasteiger partial charge in [-0.15, -0.1) is 5.10 Å². The van der Waals surface area contributed by atoms with E-state index in [0.717, 1.165) is 5.69 Å². The van der Waals surface area contributed by atoms with Gasteiger partial charge in [0.05, 0.1) is 5.69 Å². The van der Waals surface area contributed by atoms with Crippen molar-refractivity contribution in [1.82, 2.24) is 24.7 Å². The van der Waals surface area contributed by atoms with Crippen molar-refractivity contribution in [1.29, 1.82) is 0 Å². The molecule has 0 atom stereocenters. The largest absolute Gasteiger partial charge is 0.319 e. The number of anilines is 1. The van der Waals surface area contributed by atoms with Gasteiger partial charge in [-0.2, -0.15) is 0 Å². The molecule has 9 heteroatoms. The van der Waals surface area contributed by atoms with E-state index in [1.807, 2.05) is 0 Å². The molecular weight excluding hydrogens is 404 g/mol. The maximum absolute atomic E-state index is 12.7. The molecule has 4 rings (SSSR count). The SMILES string of the molecule is Cc1cc(=O)[nH]c(-c2cccc(NC(=O)c3nc(C)n(-c4ccc(Cl)cc4)n3)c2)n1. The lowest BCUT2D eigenvalue weighted by atomic mass is 10.2. The van der Waals surface area contributed by atoms with E-state index in [2.05, 4.69) is 25.4 Å². The number of hydrogen-bond acceptors (Lipinski definition) is 5. The van der Waals surface area contributed by atoms with Crippen molar-refractivity contribution in [2.75, 3.05) is 5.32 Å². The Kier molecular flexibility index (Phi) is 5.16. The average molecular weight is 421 g/mol.